The summed E-state index contributed by atoms with van der Waals surface area (Å²) in [6.07, 6.45) is -2.99. The normalized spacial score (nSPS) is 27.0. The Balaban J connectivity index is 2.17. The number of anilines is 1. The topological polar surface area (TPSA) is 160 Å². The summed E-state index contributed by atoms with van der Waals surface area (Å²) in [7, 11) is 0. The van der Waals surface area contributed by atoms with Crippen LogP contribution in [0.25, 0.3) is 11.2 Å². The predicted octanol–water partition coefficient (Wildman–Crippen LogP) is -1.41. The minimum absolute atomic E-state index is 0.0356. The number of aromatic amines is 1. The summed E-state index contributed by atoms with van der Waals surface area (Å²) in [4.78, 5) is 22.7. The molecule has 3 heterocycles. The molecule has 11 heteroatoms. The second-order valence-electron chi connectivity index (χ2n) is 5.22. The molecule has 0 radical (unpaired) electrons. The average Bonchev–Trinajstić information content (AvgIpc) is 3.04. The highest BCUT2D eigenvalue weighted by molar-refractivity contribution is 7.99. The van der Waals surface area contributed by atoms with E-state index in [1.54, 1.807) is 6.08 Å². The molecule has 0 spiro atoms. The zero-order chi connectivity index (χ0) is 17.4. The molecule has 0 aromatic carbocycles. The lowest BCUT2D eigenvalue weighted by atomic mass is 10.1. The first-order valence-corrected chi connectivity index (χ1v) is 8.10. The van der Waals surface area contributed by atoms with E-state index in [4.69, 9.17) is 10.5 Å². The second kappa shape index (κ2) is 6.53. The Hall–Kier alpha value is -1.92. The van der Waals surface area contributed by atoms with Gasteiger partial charge in [0.1, 0.15) is 18.3 Å². The zero-order valence-electron chi connectivity index (χ0n) is 12.5. The molecule has 2 aromatic heterocycles. The lowest BCUT2D eigenvalue weighted by Crippen LogP contribution is -2.33. The van der Waals surface area contributed by atoms with Gasteiger partial charge in [0.05, 0.1) is 6.61 Å². The van der Waals surface area contributed by atoms with E-state index in [-0.39, 0.29) is 17.1 Å². The van der Waals surface area contributed by atoms with Crippen molar-refractivity contribution in [1.29, 1.82) is 0 Å². The van der Waals surface area contributed by atoms with Crippen molar-refractivity contribution in [2.75, 3.05) is 18.1 Å². The van der Waals surface area contributed by atoms with Crippen LogP contribution in [0.4, 0.5) is 5.95 Å². The summed E-state index contributed by atoms with van der Waals surface area (Å²) in [5.74, 6) is 0.381. The van der Waals surface area contributed by atoms with E-state index < -0.39 is 36.7 Å². The van der Waals surface area contributed by atoms with Crippen molar-refractivity contribution in [3.63, 3.8) is 0 Å². The van der Waals surface area contributed by atoms with Gasteiger partial charge in [-0.2, -0.15) is 4.98 Å². The molecule has 1 aliphatic rings. The van der Waals surface area contributed by atoms with Gasteiger partial charge in [0.2, 0.25) is 5.95 Å². The second-order valence-corrected chi connectivity index (χ2v) is 6.20. The number of aliphatic hydroxyl groups excluding tert-OH is 3. The minimum atomic E-state index is -1.33. The fourth-order valence-electron chi connectivity index (χ4n) is 2.54. The standard InChI is InChI=1S/C13H17N5O5S/c1-2-3-24-13-15-6-9(16-12(14)17-10(6)22)18(13)11-8(21)7(20)5(4-19)23-11/h2,5,7-8,11,19-21H,1,3-4H2,(H3,14,16,17,22)/t5-,7-,8-,11-/m1/s1. The van der Waals surface area contributed by atoms with Gasteiger partial charge >= 0.3 is 0 Å². The lowest BCUT2D eigenvalue weighted by Gasteiger charge is -2.18. The SMILES string of the molecule is C=CCSc1nc2c(=O)[nH]c(N)nc2n1[C@@H]1O[C@H](CO)[C@@H](O)[C@H]1O. The Morgan fingerprint density at radius 2 is 2.17 bits per heavy atom. The van der Waals surface area contributed by atoms with Crippen LogP contribution in [0.3, 0.4) is 0 Å². The third-order valence-corrected chi connectivity index (χ3v) is 4.59. The van der Waals surface area contributed by atoms with Crippen LogP contribution in [0.15, 0.2) is 22.6 Å². The molecule has 2 aromatic rings. The molecule has 3 rings (SSSR count). The van der Waals surface area contributed by atoms with Crippen molar-refractivity contribution in [2.45, 2.75) is 29.7 Å². The number of H-pyrrole nitrogens is 1. The molecule has 6 N–H and O–H groups in total. The molecule has 1 saturated heterocycles. The molecule has 24 heavy (non-hydrogen) atoms. The average molecular weight is 355 g/mol. The Kier molecular flexibility index (Phi) is 4.60. The van der Waals surface area contributed by atoms with Crippen LogP contribution < -0.4 is 11.3 Å². The zero-order valence-corrected chi connectivity index (χ0v) is 13.3. The molecule has 1 fully saturated rings. The first kappa shape index (κ1) is 16.9. The Bertz CT molecular complexity index is 821. The maximum Gasteiger partial charge on any atom is 0.280 e. The van der Waals surface area contributed by atoms with Crippen molar-refractivity contribution in [3.05, 3.63) is 23.0 Å². The molecule has 10 nitrogen and oxygen atoms in total. The fraction of sp³-hybridized carbons (Fsp3) is 0.462. The molecule has 0 saturated carbocycles. The summed E-state index contributed by atoms with van der Waals surface area (Å²) >= 11 is 1.25. The quantitative estimate of drug-likeness (QED) is 0.321. The number of nitrogens with one attached hydrogen (secondary N) is 1. The van der Waals surface area contributed by atoms with Gasteiger partial charge in [-0.25, -0.2) is 4.98 Å². The van der Waals surface area contributed by atoms with E-state index in [0.29, 0.717) is 10.9 Å². The first-order chi connectivity index (χ1) is 11.5. The minimum Gasteiger partial charge on any atom is -0.394 e. The van der Waals surface area contributed by atoms with Gasteiger partial charge in [-0.3, -0.25) is 14.3 Å². The van der Waals surface area contributed by atoms with Crippen molar-refractivity contribution < 1.29 is 20.1 Å². The summed E-state index contributed by atoms with van der Waals surface area (Å²) in [5.41, 5.74) is 5.23. The maximum atomic E-state index is 12.0. The van der Waals surface area contributed by atoms with Crippen LogP contribution in [-0.2, 0) is 4.74 Å². The Labute approximate surface area is 140 Å². The van der Waals surface area contributed by atoms with Crippen LogP contribution in [-0.4, -0.2) is 65.5 Å². The number of hydrogen-bond donors (Lipinski definition) is 5. The third-order valence-electron chi connectivity index (χ3n) is 3.64. The van der Waals surface area contributed by atoms with Gasteiger partial charge in [-0.15, -0.1) is 6.58 Å². The van der Waals surface area contributed by atoms with E-state index in [2.05, 4.69) is 21.5 Å². The third kappa shape index (κ3) is 2.70. The van der Waals surface area contributed by atoms with Crippen LogP contribution in [0.5, 0.6) is 0 Å². The summed E-state index contributed by atoms with van der Waals surface area (Å²) in [5, 5.41) is 29.8. The maximum absolute atomic E-state index is 12.0. The smallest absolute Gasteiger partial charge is 0.280 e. The fourth-order valence-corrected chi connectivity index (χ4v) is 3.29. The molecular formula is C13H17N5O5S. The summed E-state index contributed by atoms with van der Waals surface area (Å²) in [6.45, 7) is 3.16. The van der Waals surface area contributed by atoms with Crippen molar-refractivity contribution in [2.24, 2.45) is 0 Å². The number of hydrogen-bond acceptors (Lipinski definition) is 9. The number of thioether (sulfide) groups is 1. The van der Waals surface area contributed by atoms with Gasteiger partial charge in [-0.1, -0.05) is 17.8 Å². The lowest BCUT2D eigenvalue weighted by molar-refractivity contribution is -0.0548. The highest BCUT2D eigenvalue weighted by Crippen LogP contribution is 2.35. The van der Waals surface area contributed by atoms with Crippen LogP contribution in [0, 0.1) is 0 Å². The number of imidazole rings is 1. The van der Waals surface area contributed by atoms with Gasteiger partial charge in [0.25, 0.3) is 5.56 Å². The monoisotopic (exact) mass is 355 g/mol. The number of nitrogens with two attached hydrogens (primary N) is 1. The van der Waals surface area contributed by atoms with E-state index in [1.807, 2.05) is 0 Å². The molecular weight excluding hydrogens is 338 g/mol. The number of nitrogen functional groups attached to an aromatic ring is 1. The molecule has 0 aliphatic carbocycles. The van der Waals surface area contributed by atoms with Gasteiger partial charge in [-0.05, 0) is 0 Å². The van der Waals surface area contributed by atoms with Crippen LogP contribution in [0.2, 0.25) is 0 Å². The van der Waals surface area contributed by atoms with Crippen LogP contribution in [0.1, 0.15) is 6.23 Å². The number of nitrogens with zero attached hydrogens (tertiary/aromatic N) is 3. The van der Waals surface area contributed by atoms with Gasteiger partial charge in [0.15, 0.2) is 22.5 Å². The highest BCUT2D eigenvalue weighted by atomic mass is 32.2. The molecule has 0 bridgehead atoms. The Morgan fingerprint density at radius 3 is 2.79 bits per heavy atom. The Morgan fingerprint density at radius 1 is 1.42 bits per heavy atom. The molecule has 130 valence electrons. The number of ether oxygens (including phenoxy) is 1. The van der Waals surface area contributed by atoms with Gasteiger partial charge in [0, 0.05) is 5.75 Å². The molecule has 0 amide bonds. The first-order valence-electron chi connectivity index (χ1n) is 7.11. The summed E-state index contributed by atoms with van der Waals surface area (Å²) < 4.78 is 6.93. The predicted molar refractivity (Wildman–Crippen MR) is 86.5 cm³/mol. The molecule has 4 atom stereocenters. The van der Waals surface area contributed by atoms with Gasteiger partial charge < -0.3 is 25.8 Å². The summed E-state index contributed by atoms with van der Waals surface area (Å²) in [6, 6.07) is 0. The molecule has 1 aliphatic heterocycles. The van der Waals surface area contributed by atoms with E-state index in [0.717, 1.165) is 0 Å². The van der Waals surface area contributed by atoms with E-state index >= 15 is 0 Å². The van der Waals surface area contributed by atoms with E-state index in [9.17, 15) is 20.1 Å². The van der Waals surface area contributed by atoms with Crippen molar-refractivity contribution in [3.8, 4) is 0 Å². The highest BCUT2D eigenvalue weighted by Gasteiger charge is 2.45. The van der Waals surface area contributed by atoms with Crippen molar-refractivity contribution in [1.82, 2.24) is 19.5 Å². The largest absolute Gasteiger partial charge is 0.394 e. The number of aliphatic hydroxyl groups is 3. The number of aromatic nitrogens is 4. The number of fused-ring (bicyclic) bond motifs is 1. The van der Waals surface area contributed by atoms with Crippen molar-refractivity contribution >= 4 is 28.9 Å². The molecule has 0 unspecified atom stereocenters. The van der Waals surface area contributed by atoms with E-state index in [1.165, 1.54) is 16.3 Å². The number of rotatable bonds is 5. The van der Waals surface area contributed by atoms with Crippen LogP contribution >= 0.6 is 11.8 Å².